The Balaban J connectivity index is 2.13. The van der Waals surface area contributed by atoms with Gasteiger partial charge in [-0.05, 0) is 41.6 Å². The van der Waals surface area contributed by atoms with Gasteiger partial charge in [-0.1, -0.05) is 66.7 Å². The molecule has 0 saturated heterocycles. The molecular formula is C23H20N2O. The molecule has 3 heteroatoms. The van der Waals surface area contributed by atoms with Crippen LogP contribution in [0.25, 0.3) is 27.6 Å². The first-order chi connectivity index (χ1) is 12.7. The van der Waals surface area contributed by atoms with Crippen LogP contribution < -0.4 is 11.3 Å². The molecule has 0 saturated carbocycles. The molecule has 26 heavy (non-hydrogen) atoms. The van der Waals surface area contributed by atoms with E-state index in [1.807, 2.05) is 91.9 Å². The number of para-hydroxylation sites is 1. The molecule has 1 atom stereocenters. The highest BCUT2D eigenvalue weighted by molar-refractivity contribution is 5.96. The first-order valence-electron chi connectivity index (χ1n) is 8.72. The number of aromatic nitrogens is 1. The molecule has 4 aromatic rings. The van der Waals surface area contributed by atoms with E-state index in [1.54, 1.807) is 4.57 Å². The smallest absolute Gasteiger partial charge is 0.263 e. The molecule has 3 aromatic carbocycles. The highest BCUT2D eigenvalue weighted by Crippen LogP contribution is 2.28. The summed E-state index contributed by atoms with van der Waals surface area (Å²) in [5, 5.41) is 1.63. The minimum atomic E-state index is -0.257. The zero-order chi connectivity index (χ0) is 18.1. The van der Waals surface area contributed by atoms with E-state index in [2.05, 4.69) is 0 Å². The third-order valence-corrected chi connectivity index (χ3v) is 4.64. The average molecular weight is 340 g/mol. The topological polar surface area (TPSA) is 48.0 Å². The molecule has 0 aliphatic rings. The van der Waals surface area contributed by atoms with Crippen molar-refractivity contribution in [1.82, 2.24) is 4.57 Å². The molecule has 0 bridgehead atoms. The van der Waals surface area contributed by atoms with Gasteiger partial charge in [-0.25, -0.2) is 0 Å². The predicted molar refractivity (Wildman–Crippen MR) is 108 cm³/mol. The van der Waals surface area contributed by atoms with Crippen LogP contribution in [-0.4, -0.2) is 4.57 Å². The van der Waals surface area contributed by atoms with Crippen LogP contribution in [-0.2, 0) is 0 Å². The summed E-state index contributed by atoms with van der Waals surface area (Å²) in [5.74, 6) is 0. The first kappa shape index (κ1) is 16.3. The summed E-state index contributed by atoms with van der Waals surface area (Å²) >= 11 is 0. The van der Waals surface area contributed by atoms with Crippen molar-refractivity contribution in [3.05, 3.63) is 101 Å². The molecule has 0 aliphatic heterocycles. The summed E-state index contributed by atoms with van der Waals surface area (Å²) in [6, 6.07) is 27.4. The highest BCUT2D eigenvalue weighted by Gasteiger charge is 2.16. The molecule has 2 N–H and O–H groups in total. The summed E-state index contributed by atoms with van der Waals surface area (Å²) in [6.45, 7) is 1.90. The van der Waals surface area contributed by atoms with Crippen LogP contribution in [0.4, 0.5) is 0 Å². The van der Waals surface area contributed by atoms with Gasteiger partial charge in [0.15, 0.2) is 0 Å². The van der Waals surface area contributed by atoms with E-state index in [-0.39, 0.29) is 11.6 Å². The number of nitrogens with two attached hydrogens (primary N) is 1. The molecule has 0 unspecified atom stereocenters. The van der Waals surface area contributed by atoms with Gasteiger partial charge >= 0.3 is 0 Å². The van der Waals surface area contributed by atoms with Gasteiger partial charge in [-0.3, -0.25) is 9.36 Å². The fourth-order valence-electron chi connectivity index (χ4n) is 3.42. The third-order valence-electron chi connectivity index (χ3n) is 4.64. The van der Waals surface area contributed by atoms with Crippen LogP contribution in [0.15, 0.2) is 89.7 Å². The maximum atomic E-state index is 13.6. The fraction of sp³-hybridized carbons (Fsp3) is 0.0870. The maximum Gasteiger partial charge on any atom is 0.263 e. The van der Waals surface area contributed by atoms with E-state index in [1.165, 1.54) is 0 Å². The molecule has 4 rings (SSSR count). The van der Waals surface area contributed by atoms with Crippen LogP contribution in [0.2, 0.25) is 0 Å². The number of rotatable bonds is 3. The van der Waals surface area contributed by atoms with Crippen LogP contribution in [0, 0.1) is 0 Å². The molecule has 128 valence electrons. The molecular weight excluding hydrogens is 320 g/mol. The van der Waals surface area contributed by atoms with E-state index in [0.29, 0.717) is 5.39 Å². The predicted octanol–water partition coefficient (Wildman–Crippen LogP) is 4.68. The van der Waals surface area contributed by atoms with Gasteiger partial charge in [-0.2, -0.15) is 0 Å². The van der Waals surface area contributed by atoms with Gasteiger partial charge in [0.25, 0.3) is 5.56 Å². The third kappa shape index (κ3) is 2.72. The lowest BCUT2D eigenvalue weighted by atomic mass is 9.98. The number of fused-ring (bicyclic) bond motifs is 1. The molecule has 3 nitrogen and oxygen atoms in total. The summed E-state index contributed by atoms with van der Waals surface area (Å²) in [7, 11) is 0. The molecule has 0 aliphatic carbocycles. The van der Waals surface area contributed by atoms with E-state index in [0.717, 1.165) is 27.9 Å². The van der Waals surface area contributed by atoms with Crippen molar-refractivity contribution in [2.24, 2.45) is 5.73 Å². The first-order valence-corrected chi connectivity index (χ1v) is 8.72. The molecule has 0 amide bonds. The molecule has 0 spiro atoms. The highest BCUT2D eigenvalue weighted by atomic mass is 16.1. The molecule has 1 aromatic heterocycles. The maximum absolute atomic E-state index is 13.6. The van der Waals surface area contributed by atoms with Crippen molar-refractivity contribution >= 4 is 10.8 Å². The Morgan fingerprint density at radius 1 is 0.846 bits per heavy atom. The van der Waals surface area contributed by atoms with E-state index < -0.39 is 0 Å². The lowest BCUT2D eigenvalue weighted by Gasteiger charge is -2.18. The zero-order valence-corrected chi connectivity index (χ0v) is 14.6. The quantitative estimate of drug-likeness (QED) is 0.589. The Morgan fingerprint density at radius 3 is 2.15 bits per heavy atom. The Kier molecular flexibility index (Phi) is 4.15. The van der Waals surface area contributed by atoms with Gasteiger partial charge < -0.3 is 5.73 Å². The largest absolute Gasteiger partial charge is 0.323 e. The normalized spacial score (nSPS) is 12.2. The number of hydrogen-bond acceptors (Lipinski definition) is 2. The SMILES string of the molecule is C[C@H](N)c1cc2cccc(-c3ccccc3)c2c(=O)n1-c1ccccc1. The van der Waals surface area contributed by atoms with Crippen molar-refractivity contribution in [3.63, 3.8) is 0 Å². The monoisotopic (exact) mass is 340 g/mol. The van der Waals surface area contributed by atoms with E-state index in [4.69, 9.17) is 5.73 Å². The minimum Gasteiger partial charge on any atom is -0.323 e. The summed E-state index contributed by atoms with van der Waals surface area (Å²) in [5.41, 5.74) is 9.76. The Labute approximate surface area is 152 Å². The van der Waals surface area contributed by atoms with Crippen LogP contribution in [0.3, 0.4) is 0 Å². The Hall–Kier alpha value is -3.17. The van der Waals surface area contributed by atoms with Crippen molar-refractivity contribution in [1.29, 1.82) is 0 Å². The van der Waals surface area contributed by atoms with Crippen LogP contribution in [0.5, 0.6) is 0 Å². The Bertz CT molecular complexity index is 1110. The number of benzene rings is 3. The molecule has 0 radical (unpaired) electrons. The van der Waals surface area contributed by atoms with Crippen LogP contribution in [0.1, 0.15) is 18.7 Å². The van der Waals surface area contributed by atoms with E-state index >= 15 is 0 Å². The average Bonchev–Trinajstić information content (AvgIpc) is 2.68. The number of nitrogens with zero attached hydrogens (tertiary/aromatic N) is 1. The zero-order valence-electron chi connectivity index (χ0n) is 14.6. The summed E-state index contributed by atoms with van der Waals surface area (Å²) in [6.07, 6.45) is 0. The van der Waals surface area contributed by atoms with Gasteiger partial charge in [-0.15, -0.1) is 0 Å². The second kappa shape index (κ2) is 6.62. The number of pyridine rings is 1. The van der Waals surface area contributed by atoms with Crippen molar-refractivity contribution in [2.45, 2.75) is 13.0 Å². The van der Waals surface area contributed by atoms with Gasteiger partial charge in [0.2, 0.25) is 0 Å². The van der Waals surface area contributed by atoms with Crippen molar-refractivity contribution in [2.75, 3.05) is 0 Å². The molecule has 0 fully saturated rings. The van der Waals surface area contributed by atoms with E-state index in [9.17, 15) is 4.79 Å². The standard InChI is InChI=1S/C23H20N2O/c1-16(24)21-15-18-11-8-14-20(17-9-4-2-5-10-17)22(18)23(26)25(21)19-12-6-3-7-13-19/h2-16H,24H2,1H3/t16-/m0/s1. The van der Waals surface area contributed by atoms with Crippen molar-refractivity contribution < 1.29 is 0 Å². The second-order valence-electron chi connectivity index (χ2n) is 6.47. The number of hydrogen-bond donors (Lipinski definition) is 1. The lowest BCUT2D eigenvalue weighted by Crippen LogP contribution is -2.26. The fourth-order valence-corrected chi connectivity index (χ4v) is 3.42. The van der Waals surface area contributed by atoms with Crippen LogP contribution >= 0.6 is 0 Å². The molecule has 1 heterocycles. The second-order valence-corrected chi connectivity index (χ2v) is 6.47. The lowest BCUT2D eigenvalue weighted by molar-refractivity contribution is 0.734. The van der Waals surface area contributed by atoms with Crippen molar-refractivity contribution in [3.8, 4) is 16.8 Å². The van der Waals surface area contributed by atoms with Gasteiger partial charge in [0.1, 0.15) is 0 Å². The summed E-state index contributed by atoms with van der Waals surface area (Å²) in [4.78, 5) is 13.6. The van der Waals surface area contributed by atoms with Gasteiger partial charge in [0, 0.05) is 17.4 Å². The summed E-state index contributed by atoms with van der Waals surface area (Å²) < 4.78 is 1.74. The Morgan fingerprint density at radius 2 is 1.50 bits per heavy atom. The van der Waals surface area contributed by atoms with Gasteiger partial charge in [0.05, 0.1) is 5.39 Å². The minimum absolute atomic E-state index is 0.0412.